The van der Waals surface area contributed by atoms with Gasteiger partial charge in [0, 0.05) is 45.6 Å². The van der Waals surface area contributed by atoms with Crippen molar-refractivity contribution in [2.24, 2.45) is 0 Å². The molecule has 0 aliphatic carbocycles. The monoisotopic (exact) mass is 449 g/mol. The Labute approximate surface area is 186 Å². The van der Waals surface area contributed by atoms with Gasteiger partial charge in [0.2, 0.25) is 0 Å². The maximum absolute atomic E-state index is 10.8. The van der Waals surface area contributed by atoms with Crippen LogP contribution in [0, 0.1) is 0 Å². The average Bonchev–Trinajstić information content (AvgIpc) is 3.05. The van der Waals surface area contributed by atoms with Gasteiger partial charge in [-0.05, 0) is 56.6 Å². The van der Waals surface area contributed by atoms with Crippen molar-refractivity contribution >= 4 is 29.2 Å². The second-order valence-corrected chi connectivity index (χ2v) is 8.97. The number of hydrogen-bond donors (Lipinski definition) is 1. The third-order valence-corrected chi connectivity index (χ3v) is 6.56. The van der Waals surface area contributed by atoms with Crippen LogP contribution >= 0.6 is 23.2 Å². The van der Waals surface area contributed by atoms with Crippen LogP contribution in [0.3, 0.4) is 0 Å². The number of halogens is 2. The van der Waals surface area contributed by atoms with Crippen LogP contribution in [-0.4, -0.2) is 42.2 Å². The molecule has 5 nitrogen and oxygen atoms in total. The number of carboxylic acid groups (broad SMARTS) is 1. The molecule has 0 saturated carbocycles. The van der Waals surface area contributed by atoms with Crippen molar-refractivity contribution < 1.29 is 19.4 Å². The maximum atomic E-state index is 10.8. The van der Waals surface area contributed by atoms with Crippen LogP contribution in [0.25, 0.3) is 0 Å². The molecule has 1 saturated heterocycles. The molecule has 0 amide bonds. The summed E-state index contributed by atoms with van der Waals surface area (Å²) >= 11 is 12.3. The standard InChI is InChI=1S/C23H25Cl2NO4/c24-17-4-7-20(25)16(11-17)13-29-18-5-6-19-21(12-18)30-15-23(19)8-2-10-26(14-23)9-1-3-22(27)28/h4-7,11-12H,1-3,8-10,13-15H2,(H,27,28). The lowest BCUT2D eigenvalue weighted by Gasteiger charge is -2.39. The van der Waals surface area contributed by atoms with Gasteiger partial charge in [-0.15, -0.1) is 0 Å². The molecule has 2 aromatic rings. The summed E-state index contributed by atoms with van der Waals surface area (Å²) in [4.78, 5) is 13.2. The van der Waals surface area contributed by atoms with Gasteiger partial charge < -0.3 is 19.5 Å². The highest BCUT2D eigenvalue weighted by Gasteiger charge is 2.43. The zero-order valence-corrected chi connectivity index (χ0v) is 18.2. The largest absolute Gasteiger partial charge is 0.492 e. The molecule has 7 heteroatoms. The number of ether oxygens (including phenoxy) is 2. The fraction of sp³-hybridized carbons (Fsp3) is 0.435. The van der Waals surface area contributed by atoms with E-state index in [4.69, 9.17) is 37.8 Å². The highest BCUT2D eigenvalue weighted by Crippen LogP contribution is 2.45. The molecule has 0 bridgehead atoms. The Morgan fingerprint density at radius 1 is 1.23 bits per heavy atom. The Kier molecular flexibility index (Phi) is 6.42. The van der Waals surface area contributed by atoms with Gasteiger partial charge >= 0.3 is 5.97 Å². The predicted molar refractivity (Wildman–Crippen MR) is 117 cm³/mol. The number of likely N-dealkylation sites (tertiary alicyclic amines) is 1. The number of carbonyl (C=O) groups is 1. The number of benzene rings is 2. The number of carboxylic acids is 1. The van der Waals surface area contributed by atoms with Crippen LogP contribution in [0.15, 0.2) is 36.4 Å². The minimum Gasteiger partial charge on any atom is -0.492 e. The first-order valence-electron chi connectivity index (χ1n) is 10.2. The minimum atomic E-state index is -0.733. The van der Waals surface area contributed by atoms with Crippen LogP contribution in [0.2, 0.25) is 10.0 Å². The van der Waals surface area contributed by atoms with E-state index in [1.165, 1.54) is 5.56 Å². The summed E-state index contributed by atoms with van der Waals surface area (Å²) in [5, 5.41) is 10.1. The molecule has 2 aliphatic heterocycles. The molecule has 2 aromatic carbocycles. The van der Waals surface area contributed by atoms with E-state index in [2.05, 4.69) is 11.0 Å². The molecule has 30 heavy (non-hydrogen) atoms. The summed E-state index contributed by atoms with van der Waals surface area (Å²) in [6.45, 7) is 3.71. The fourth-order valence-corrected chi connectivity index (χ4v) is 4.84. The Hall–Kier alpha value is -1.95. The molecule has 160 valence electrons. The van der Waals surface area contributed by atoms with Gasteiger partial charge in [0.1, 0.15) is 18.1 Å². The smallest absolute Gasteiger partial charge is 0.303 e. The molecule has 2 aliphatic rings. The number of nitrogens with zero attached hydrogens (tertiary/aromatic N) is 1. The molecule has 1 N–H and O–H groups in total. The highest BCUT2D eigenvalue weighted by atomic mass is 35.5. The molecule has 2 heterocycles. The van der Waals surface area contributed by atoms with E-state index in [0.717, 1.165) is 49.5 Å². The third kappa shape index (κ3) is 4.69. The molecule has 1 unspecified atom stereocenters. The lowest BCUT2D eigenvalue weighted by Crippen LogP contribution is -2.47. The Balaban J connectivity index is 1.43. The summed E-state index contributed by atoms with van der Waals surface area (Å²) < 4.78 is 12.0. The van der Waals surface area contributed by atoms with Crippen LogP contribution in [0.1, 0.15) is 36.8 Å². The van der Waals surface area contributed by atoms with Gasteiger partial charge in [0.25, 0.3) is 0 Å². The molecule has 0 aromatic heterocycles. The Bertz CT molecular complexity index is 935. The van der Waals surface area contributed by atoms with Crippen molar-refractivity contribution in [1.82, 2.24) is 4.90 Å². The van der Waals surface area contributed by atoms with E-state index in [-0.39, 0.29) is 11.8 Å². The van der Waals surface area contributed by atoms with Crippen molar-refractivity contribution in [1.29, 1.82) is 0 Å². The van der Waals surface area contributed by atoms with Gasteiger partial charge in [-0.3, -0.25) is 4.79 Å². The minimum absolute atomic E-state index is 0.0222. The molecular formula is C23H25Cl2NO4. The van der Waals surface area contributed by atoms with Crippen molar-refractivity contribution in [2.45, 2.75) is 37.7 Å². The Morgan fingerprint density at radius 3 is 2.93 bits per heavy atom. The molecule has 0 radical (unpaired) electrons. The first kappa shape index (κ1) is 21.3. The SMILES string of the molecule is O=C(O)CCCN1CCCC2(COc3cc(OCc4cc(Cl)ccc4Cl)ccc32)C1. The molecule has 1 fully saturated rings. The van der Waals surface area contributed by atoms with Gasteiger partial charge in [-0.2, -0.15) is 0 Å². The quantitative estimate of drug-likeness (QED) is 0.631. The fourth-order valence-electron chi connectivity index (χ4n) is 4.47. The van der Waals surface area contributed by atoms with Crippen LogP contribution < -0.4 is 9.47 Å². The second-order valence-electron chi connectivity index (χ2n) is 8.13. The summed E-state index contributed by atoms with van der Waals surface area (Å²) in [7, 11) is 0. The summed E-state index contributed by atoms with van der Waals surface area (Å²) in [5.74, 6) is 0.871. The Morgan fingerprint density at radius 2 is 2.10 bits per heavy atom. The van der Waals surface area contributed by atoms with E-state index in [9.17, 15) is 4.79 Å². The lowest BCUT2D eigenvalue weighted by atomic mass is 9.75. The van der Waals surface area contributed by atoms with E-state index in [1.54, 1.807) is 12.1 Å². The molecule has 1 atom stereocenters. The van der Waals surface area contributed by atoms with E-state index in [0.29, 0.717) is 29.7 Å². The van der Waals surface area contributed by atoms with Gasteiger partial charge in [0.05, 0.1) is 6.61 Å². The highest BCUT2D eigenvalue weighted by molar-refractivity contribution is 6.33. The van der Waals surface area contributed by atoms with Crippen LogP contribution in [0.4, 0.5) is 0 Å². The lowest BCUT2D eigenvalue weighted by molar-refractivity contribution is -0.137. The van der Waals surface area contributed by atoms with Crippen LogP contribution in [0.5, 0.6) is 11.5 Å². The van der Waals surface area contributed by atoms with Gasteiger partial charge in [-0.25, -0.2) is 0 Å². The number of hydrogen-bond acceptors (Lipinski definition) is 4. The van der Waals surface area contributed by atoms with E-state index in [1.807, 2.05) is 18.2 Å². The zero-order valence-electron chi connectivity index (χ0n) is 16.7. The topological polar surface area (TPSA) is 59.0 Å². The van der Waals surface area contributed by atoms with Crippen molar-refractivity contribution in [2.75, 3.05) is 26.2 Å². The van der Waals surface area contributed by atoms with Crippen LogP contribution in [-0.2, 0) is 16.8 Å². The third-order valence-electron chi connectivity index (χ3n) is 5.95. The number of fused-ring (bicyclic) bond motifs is 2. The van der Waals surface area contributed by atoms with Crippen molar-refractivity contribution in [3.63, 3.8) is 0 Å². The predicted octanol–water partition coefficient (Wildman–Crippen LogP) is 5.16. The van der Waals surface area contributed by atoms with E-state index < -0.39 is 5.97 Å². The first-order valence-corrected chi connectivity index (χ1v) is 11.0. The molecule has 4 rings (SSSR count). The van der Waals surface area contributed by atoms with Crippen molar-refractivity contribution in [3.05, 3.63) is 57.6 Å². The number of piperidine rings is 1. The molecule has 1 spiro atoms. The first-order chi connectivity index (χ1) is 14.4. The zero-order chi connectivity index (χ0) is 21.1. The normalized spacial score (nSPS) is 20.7. The van der Waals surface area contributed by atoms with Crippen molar-refractivity contribution in [3.8, 4) is 11.5 Å². The van der Waals surface area contributed by atoms with E-state index >= 15 is 0 Å². The average molecular weight is 450 g/mol. The van der Waals surface area contributed by atoms with Gasteiger partial charge in [-0.1, -0.05) is 29.3 Å². The maximum Gasteiger partial charge on any atom is 0.303 e. The number of aliphatic carboxylic acids is 1. The summed E-state index contributed by atoms with van der Waals surface area (Å²) in [6, 6.07) is 11.4. The molecular weight excluding hydrogens is 425 g/mol. The summed E-state index contributed by atoms with van der Waals surface area (Å²) in [5.41, 5.74) is 2.04. The number of rotatable bonds is 7. The summed E-state index contributed by atoms with van der Waals surface area (Å²) in [6.07, 6.45) is 3.06. The second kappa shape index (κ2) is 9.04. The van der Waals surface area contributed by atoms with Gasteiger partial charge in [0.15, 0.2) is 0 Å².